The minimum absolute atomic E-state index is 0.0525. The highest BCUT2D eigenvalue weighted by molar-refractivity contribution is 7.89. The van der Waals surface area contributed by atoms with E-state index in [2.05, 4.69) is 5.32 Å². The molecule has 0 atom stereocenters. The normalized spacial score (nSPS) is 11.2. The smallest absolute Gasteiger partial charge is 0.338 e. The molecule has 0 saturated carbocycles. The Labute approximate surface area is 193 Å². The molecule has 0 spiro atoms. The summed E-state index contributed by atoms with van der Waals surface area (Å²) in [7, 11) is -0.948. The molecule has 0 bridgehead atoms. The van der Waals surface area contributed by atoms with Crippen molar-refractivity contribution in [3.63, 3.8) is 0 Å². The van der Waals surface area contributed by atoms with Crippen LogP contribution in [0.25, 0.3) is 0 Å². The number of nitrogens with zero attached hydrogens (tertiary/aromatic N) is 1. The molecule has 0 radical (unpaired) electrons. The fraction of sp³-hybridized carbons (Fsp3) is 0.348. The maximum Gasteiger partial charge on any atom is 0.338 e. The quantitative estimate of drug-likeness (QED) is 0.413. The van der Waals surface area contributed by atoms with Gasteiger partial charge in [0.25, 0.3) is 5.91 Å². The number of ether oxygens (including phenoxy) is 2. The van der Waals surface area contributed by atoms with Gasteiger partial charge in [-0.05, 0) is 55.3 Å². The zero-order chi connectivity index (χ0) is 24.6. The van der Waals surface area contributed by atoms with Crippen molar-refractivity contribution in [2.24, 2.45) is 0 Å². The van der Waals surface area contributed by atoms with Crippen molar-refractivity contribution in [3.05, 3.63) is 59.2 Å². The molecule has 178 valence electrons. The molecule has 0 aromatic heterocycles. The summed E-state index contributed by atoms with van der Waals surface area (Å²) in [5.74, 6) is -1.84. The molecule has 0 aliphatic rings. The molecule has 0 aliphatic carbocycles. The van der Waals surface area contributed by atoms with E-state index in [1.54, 1.807) is 6.92 Å². The SMILES string of the molecule is CCCCOC(=O)c1ccc(NC(=O)COC(=O)c2cc(S(=O)(=O)N(C)C)ccc2C)cc1. The van der Waals surface area contributed by atoms with Crippen molar-refractivity contribution >= 4 is 33.6 Å². The number of hydrogen-bond donors (Lipinski definition) is 1. The first-order valence-corrected chi connectivity index (χ1v) is 11.8. The van der Waals surface area contributed by atoms with E-state index in [1.807, 2.05) is 6.92 Å². The van der Waals surface area contributed by atoms with Crippen LogP contribution in [0.3, 0.4) is 0 Å². The van der Waals surface area contributed by atoms with Gasteiger partial charge in [0.2, 0.25) is 10.0 Å². The maximum absolute atomic E-state index is 12.4. The molecule has 2 rings (SSSR count). The monoisotopic (exact) mass is 476 g/mol. The zero-order valence-electron chi connectivity index (χ0n) is 19.1. The lowest BCUT2D eigenvalue weighted by Gasteiger charge is -2.13. The first kappa shape index (κ1) is 26.0. The number of rotatable bonds is 10. The zero-order valence-corrected chi connectivity index (χ0v) is 19.9. The Balaban J connectivity index is 1.96. The summed E-state index contributed by atoms with van der Waals surface area (Å²) in [6, 6.07) is 10.3. The molecule has 2 aromatic rings. The summed E-state index contributed by atoms with van der Waals surface area (Å²) >= 11 is 0. The third kappa shape index (κ3) is 7.13. The second kappa shape index (κ2) is 11.6. The standard InChI is InChI=1S/C23H28N2O7S/c1-5-6-13-31-22(27)17-8-10-18(11-9-17)24-21(26)15-32-23(28)20-14-19(12-7-16(20)2)33(29,30)25(3)4/h7-12,14H,5-6,13,15H2,1-4H3,(H,24,26). The molecule has 0 fully saturated rings. The van der Waals surface area contributed by atoms with E-state index in [4.69, 9.17) is 9.47 Å². The Morgan fingerprint density at radius 3 is 2.24 bits per heavy atom. The lowest BCUT2D eigenvalue weighted by atomic mass is 10.1. The van der Waals surface area contributed by atoms with Crippen LogP contribution in [0.5, 0.6) is 0 Å². The van der Waals surface area contributed by atoms with Gasteiger partial charge in [0.15, 0.2) is 6.61 Å². The first-order chi connectivity index (χ1) is 15.6. The van der Waals surface area contributed by atoms with Gasteiger partial charge in [-0.1, -0.05) is 19.4 Å². The number of esters is 2. The van der Waals surface area contributed by atoms with Crippen molar-refractivity contribution in [2.45, 2.75) is 31.6 Å². The molecule has 9 nitrogen and oxygen atoms in total. The van der Waals surface area contributed by atoms with Gasteiger partial charge in [-0.3, -0.25) is 4.79 Å². The van der Waals surface area contributed by atoms with E-state index in [-0.39, 0.29) is 10.5 Å². The molecule has 0 heterocycles. The molecule has 0 unspecified atom stereocenters. The van der Waals surface area contributed by atoms with Gasteiger partial charge in [-0.15, -0.1) is 0 Å². The summed E-state index contributed by atoms with van der Waals surface area (Å²) in [5, 5.41) is 2.56. The molecule has 0 aliphatic heterocycles. The molecule has 1 amide bonds. The predicted molar refractivity (Wildman–Crippen MR) is 123 cm³/mol. The largest absolute Gasteiger partial charge is 0.462 e. The maximum atomic E-state index is 12.4. The topological polar surface area (TPSA) is 119 Å². The highest BCUT2D eigenvalue weighted by Crippen LogP contribution is 2.19. The Morgan fingerprint density at radius 1 is 0.970 bits per heavy atom. The number of hydrogen-bond acceptors (Lipinski definition) is 7. The number of aryl methyl sites for hydroxylation is 1. The van der Waals surface area contributed by atoms with Gasteiger partial charge in [0.1, 0.15) is 0 Å². The van der Waals surface area contributed by atoms with E-state index < -0.39 is 34.5 Å². The van der Waals surface area contributed by atoms with E-state index >= 15 is 0 Å². The first-order valence-electron chi connectivity index (χ1n) is 10.3. The fourth-order valence-corrected chi connectivity index (χ4v) is 3.61. The van der Waals surface area contributed by atoms with Crippen molar-refractivity contribution in [2.75, 3.05) is 32.6 Å². The number of sulfonamides is 1. The Kier molecular flexibility index (Phi) is 9.12. The van der Waals surface area contributed by atoms with Crippen molar-refractivity contribution < 1.29 is 32.3 Å². The van der Waals surface area contributed by atoms with Crippen molar-refractivity contribution in [3.8, 4) is 0 Å². The van der Waals surface area contributed by atoms with Crippen LogP contribution in [-0.2, 0) is 24.3 Å². The summed E-state index contributed by atoms with van der Waals surface area (Å²) in [5.41, 5.74) is 1.34. The highest BCUT2D eigenvalue weighted by Gasteiger charge is 2.21. The number of carbonyl (C=O) groups excluding carboxylic acids is 3. The lowest BCUT2D eigenvalue weighted by molar-refractivity contribution is -0.119. The van der Waals surface area contributed by atoms with Crippen LogP contribution < -0.4 is 5.32 Å². The van der Waals surface area contributed by atoms with Crippen LogP contribution in [0.1, 0.15) is 46.0 Å². The molecule has 0 saturated heterocycles. The molecular weight excluding hydrogens is 448 g/mol. The van der Waals surface area contributed by atoms with Crippen LogP contribution >= 0.6 is 0 Å². The van der Waals surface area contributed by atoms with Gasteiger partial charge in [-0.2, -0.15) is 0 Å². The van der Waals surface area contributed by atoms with Gasteiger partial charge in [0.05, 0.1) is 22.6 Å². The Bertz CT molecular complexity index is 1110. The van der Waals surface area contributed by atoms with E-state index in [0.717, 1.165) is 17.1 Å². The third-order valence-electron chi connectivity index (χ3n) is 4.68. The highest BCUT2D eigenvalue weighted by atomic mass is 32.2. The van der Waals surface area contributed by atoms with Crippen LogP contribution in [-0.4, -0.2) is 57.9 Å². The number of benzene rings is 2. The van der Waals surface area contributed by atoms with E-state index in [1.165, 1.54) is 56.6 Å². The predicted octanol–water partition coefficient (Wildman–Crippen LogP) is 3.00. The Morgan fingerprint density at radius 2 is 1.64 bits per heavy atom. The third-order valence-corrected chi connectivity index (χ3v) is 6.49. The number of unbranched alkanes of at least 4 members (excludes halogenated alkanes) is 1. The molecule has 1 N–H and O–H groups in total. The summed E-state index contributed by atoms with van der Waals surface area (Å²) in [4.78, 5) is 36.5. The second-order valence-corrected chi connectivity index (χ2v) is 9.61. The number of anilines is 1. The molecule has 10 heteroatoms. The van der Waals surface area contributed by atoms with Gasteiger partial charge < -0.3 is 14.8 Å². The van der Waals surface area contributed by atoms with Gasteiger partial charge in [0, 0.05) is 19.8 Å². The average Bonchev–Trinajstić information content (AvgIpc) is 2.78. The van der Waals surface area contributed by atoms with Gasteiger partial charge in [-0.25, -0.2) is 22.3 Å². The molecule has 2 aromatic carbocycles. The van der Waals surface area contributed by atoms with Crippen molar-refractivity contribution in [1.29, 1.82) is 0 Å². The summed E-state index contributed by atoms with van der Waals surface area (Å²) < 4.78 is 35.8. The average molecular weight is 477 g/mol. The van der Waals surface area contributed by atoms with E-state index in [0.29, 0.717) is 23.4 Å². The number of nitrogens with one attached hydrogen (secondary N) is 1. The minimum Gasteiger partial charge on any atom is -0.462 e. The van der Waals surface area contributed by atoms with Crippen LogP contribution in [0.15, 0.2) is 47.4 Å². The van der Waals surface area contributed by atoms with E-state index in [9.17, 15) is 22.8 Å². The molecular formula is C23H28N2O7S. The Hall–Kier alpha value is -3.24. The number of amides is 1. The second-order valence-electron chi connectivity index (χ2n) is 7.46. The minimum atomic E-state index is -3.72. The van der Waals surface area contributed by atoms with Crippen LogP contribution in [0, 0.1) is 6.92 Å². The molecule has 33 heavy (non-hydrogen) atoms. The van der Waals surface area contributed by atoms with Crippen molar-refractivity contribution in [1.82, 2.24) is 4.31 Å². The van der Waals surface area contributed by atoms with Gasteiger partial charge >= 0.3 is 11.9 Å². The lowest BCUT2D eigenvalue weighted by Crippen LogP contribution is -2.23. The van der Waals surface area contributed by atoms with Crippen LogP contribution in [0.2, 0.25) is 0 Å². The van der Waals surface area contributed by atoms with Crippen LogP contribution in [0.4, 0.5) is 5.69 Å². The summed E-state index contributed by atoms with van der Waals surface area (Å²) in [6.07, 6.45) is 1.71. The fourth-order valence-electron chi connectivity index (χ4n) is 2.68. The summed E-state index contributed by atoms with van der Waals surface area (Å²) in [6.45, 7) is 3.42. The number of carbonyl (C=O) groups is 3.